The van der Waals surface area contributed by atoms with Crippen molar-refractivity contribution in [2.24, 2.45) is 0 Å². The first-order valence-electron chi connectivity index (χ1n) is 6.16. The number of rotatable bonds is 3. The number of sulfonamides is 1. The fourth-order valence-electron chi connectivity index (χ4n) is 2.29. The van der Waals surface area contributed by atoms with Gasteiger partial charge in [-0.1, -0.05) is 0 Å². The first kappa shape index (κ1) is 16.7. The molecule has 1 fully saturated rings. The van der Waals surface area contributed by atoms with Gasteiger partial charge in [0.2, 0.25) is 10.0 Å². The number of aliphatic carboxylic acids is 1. The molecule has 0 spiro atoms. The van der Waals surface area contributed by atoms with Crippen LogP contribution >= 0.6 is 0 Å². The van der Waals surface area contributed by atoms with Crippen LogP contribution in [-0.2, 0) is 21.0 Å². The highest BCUT2D eigenvalue weighted by Gasteiger charge is 2.41. The zero-order valence-electron chi connectivity index (χ0n) is 11.0. The molecular weight excluding hydrogens is 330 g/mol. The molecule has 1 aromatic rings. The van der Waals surface area contributed by atoms with Crippen LogP contribution in [0.4, 0.5) is 17.6 Å². The Bertz CT molecular complexity index is 702. The molecule has 0 amide bonds. The standard InChI is InChI=1S/C12H11F4NO4S/c13-8-6-7(12(14,15)16)3-4-10(8)22(20,21)17-5-1-2-9(17)11(18)19/h3-4,6,9H,1-2,5H2,(H,18,19). The van der Waals surface area contributed by atoms with Crippen LogP contribution in [0.1, 0.15) is 18.4 Å². The van der Waals surface area contributed by atoms with Gasteiger partial charge in [-0.15, -0.1) is 0 Å². The van der Waals surface area contributed by atoms with E-state index in [9.17, 15) is 30.8 Å². The zero-order valence-corrected chi connectivity index (χ0v) is 11.8. The number of carboxylic acids is 1. The Balaban J connectivity index is 2.44. The summed E-state index contributed by atoms with van der Waals surface area (Å²) in [6.07, 6.45) is -4.46. The SMILES string of the molecule is O=C(O)C1CCCN1S(=O)(=O)c1ccc(C(F)(F)F)cc1F. The van der Waals surface area contributed by atoms with Crippen LogP contribution in [0.25, 0.3) is 0 Å². The number of nitrogens with zero attached hydrogens (tertiary/aromatic N) is 1. The van der Waals surface area contributed by atoms with Gasteiger partial charge in [-0.05, 0) is 31.0 Å². The van der Waals surface area contributed by atoms with E-state index in [4.69, 9.17) is 5.11 Å². The van der Waals surface area contributed by atoms with E-state index in [1.165, 1.54) is 0 Å². The number of carbonyl (C=O) groups is 1. The van der Waals surface area contributed by atoms with Gasteiger partial charge in [0.1, 0.15) is 16.8 Å². The highest BCUT2D eigenvalue weighted by atomic mass is 32.2. The summed E-state index contributed by atoms with van der Waals surface area (Å²) in [5.74, 6) is -2.95. The van der Waals surface area contributed by atoms with Gasteiger partial charge in [-0.25, -0.2) is 12.8 Å². The van der Waals surface area contributed by atoms with E-state index in [0.29, 0.717) is 16.4 Å². The first-order chi connectivity index (χ1) is 10.0. The first-order valence-corrected chi connectivity index (χ1v) is 7.60. The molecule has 1 heterocycles. The molecule has 1 unspecified atom stereocenters. The maximum absolute atomic E-state index is 13.8. The van der Waals surface area contributed by atoms with Gasteiger partial charge >= 0.3 is 12.1 Å². The summed E-state index contributed by atoms with van der Waals surface area (Å²) in [6.45, 7) is -0.125. The van der Waals surface area contributed by atoms with Gasteiger partial charge in [-0.3, -0.25) is 4.79 Å². The average molecular weight is 341 g/mol. The molecule has 0 aliphatic carbocycles. The largest absolute Gasteiger partial charge is 0.480 e. The molecule has 10 heteroatoms. The highest BCUT2D eigenvalue weighted by Crippen LogP contribution is 2.33. The summed E-state index contributed by atoms with van der Waals surface area (Å²) in [6, 6.07) is -0.308. The summed E-state index contributed by atoms with van der Waals surface area (Å²) < 4.78 is 76.3. The molecule has 2 rings (SSSR count). The lowest BCUT2D eigenvalue weighted by atomic mass is 10.2. The Morgan fingerprint density at radius 1 is 1.32 bits per heavy atom. The van der Waals surface area contributed by atoms with Crippen LogP contribution in [0.3, 0.4) is 0 Å². The van der Waals surface area contributed by atoms with Crippen molar-refractivity contribution in [2.75, 3.05) is 6.54 Å². The molecule has 5 nitrogen and oxygen atoms in total. The fourth-order valence-corrected chi connectivity index (χ4v) is 3.99. The van der Waals surface area contributed by atoms with Gasteiger partial charge in [0, 0.05) is 6.54 Å². The van der Waals surface area contributed by atoms with E-state index in [2.05, 4.69) is 0 Å². The summed E-state index contributed by atoms with van der Waals surface area (Å²) in [4.78, 5) is 10.0. The fraction of sp³-hybridized carbons (Fsp3) is 0.417. The molecule has 0 bridgehead atoms. The summed E-state index contributed by atoms with van der Waals surface area (Å²) in [7, 11) is -4.52. The number of hydrogen-bond acceptors (Lipinski definition) is 3. The normalized spacial score (nSPS) is 20.3. The molecule has 1 aliphatic rings. The van der Waals surface area contributed by atoms with Crippen molar-refractivity contribution in [3.05, 3.63) is 29.6 Å². The van der Waals surface area contributed by atoms with Crippen LogP contribution in [-0.4, -0.2) is 36.4 Å². The average Bonchev–Trinajstić information content (AvgIpc) is 2.87. The molecule has 1 atom stereocenters. The van der Waals surface area contributed by atoms with Crippen LogP contribution in [0.2, 0.25) is 0 Å². The van der Waals surface area contributed by atoms with Crippen molar-refractivity contribution in [1.29, 1.82) is 0 Å². The van der Waals surface area contributed by atoms with Crippen molar-refractivity contribution in [2.45, 2.75) is 30.0 Å². The summed E-state index contributed by atoms with van der Waals surface area (Å²) in [5, 5.41) is 8.97. The molecule has 0 saturated carbocycles. The lowest BCUT2D eigenvalue weighted by molar-refractivity contribution is -0.140. The smallest absolute Gasteiger partial charge is 0.416 e. The maximum atomic E-state index is 13.8. The Hall–Kier alpha value is -1.68. The van der Waals surface area contributed by atoms with Gasteiger partial charge < -0.3 is 5.11 Å². The zero-order chi connectivity index (χ0) is 16.7. The molecule has 0 aromatic heterocycles. The predicted octanol–water partition coefficient (Wildman–Crippen LogP) is 2.08. The van der Waals surface area contributed by atoms with Gasteiger partial charge in [-0.2, -0.15) is 17.5 Å². The van der Waals surface area contributed by atoms with Crippen molar-refractivity contribution in [3.8, 4) is 0 Å². The minimum atomic E-state index is -4.81. The van der Waals surface area contributed by atoms with Crippen molar-refractivity contribution in [3.63, 3.8) is 0 Å². The van der Waals surface area contributed by atoms with E-state index in [-0.39, 0.29) is 25.5 Å². The van der Waals surface area contributed by atoms with E-state index >= 15 is 0 Å². The van der Waals surface area contributed by atoms with Gasteiger partial charge in [0.05, 0.1) is 5.56 Å². The molecule has 0 radical (unpaired) electrons. The Labute approximate surface area is 123 Å². The van der Waals surface area contributed by atoms with Crippen molar-refractivity contribution >= 4 is 16.0 Å². The Kier molecular flexibility index (Phi) is 4.18. The van der Waals surface area contributed by atoms with Crippen molar-refractivity contribution < 1.29 is 35.9 Å². The molecule has 122 valence electrons. The van der Waals surface area contributed by atoms with Crippen molar-refractivity contribution in [1.82, 2.24) is 4.31 Å². The van der Waals surface area contributed by atoms with E-state index in [1.807, 2.05) is 0 Å². The van der Waals surface area contributed by atoms with Crippen LogP contribution in [0, 0.1) is 5.82 Å². The molecule has 22 heavy (non-hydrogen) atoms. The number of carboxylic acid groups (broad SMARTS) is 1. The lowest BCUT2D eigenvalue weighted by Crippen LogP contribution is -2.40. The van der Waals surface area contributed by atoms with E-state index in [1.54, 1.807) is 0 Å². The van der Waals surface area contributed by atoms with Crippen LogP contribution in [0.5, 0.6) is 0 Å². The quantitative estimate of drug-likeness (QED) is 0.854. The summed E-state index contributed by atoms with van der Waals surface area (Å²) >= 11 is 0. The Morgan fingerprint density at radius 2 is 1.95 bits per heavy atom. The second kappa shape index (κ2) is 5.51. The van der Waals surface area contributed by atoms with E-state index in [0.717, 1.165) is 0 Å². The monoisotopic (exact) mass is 341 g/mol. The second-order valence-electron chi connectivity index (χ2n) is 4.75. The molecular formula is C12H11F4NO4S. The molecule has 1 aromatic carbocycles. The molecule has 1 N–H and O–H groups in total. The number of hydrogen-bond donors (Lipinski definition) is 1. The molecule has 1 aliphatic heterocycles. The third-order valence-corrected chi connectivity index (χ3v) is 5.28. The number of benzene rings is 1. The van der Waals surface area contributed by atoms with Gasteiger partial charge in [0.15, 0.2) is 0 Å². The maximum Gasteiger partial charge on any atom is 0.416 e. The Morgan fingerprint density at radius 3 is 2.45 bits per heavy atom. The highest BCUT2D eigenvalue weighted by molar-refractivity contribution is 7.89. The third-order valence-electron chi connectivity index (χ3n) is 3.33. The van der Waals surface area contributed by atoms with E-state index < -0.39 is 44.5 Å². The third kappa shape index (κ3) is 2.93. The minimum absolute atomic E-state index is 0.0663. The molecule has 1 saturated heterocycles. The second-order valence-corrected chi connectivity index (χ2v) is 6.61. The van der Waals surface area contributed by atoms with Crippen LogP contribution < -0.4 is 0 Å². The van der Waals surface area contributed by atoms with Crippen LogP contribution in [0.15, 0.2) is 23.1 Å². The lowest BCUT2D eigenvalue weighted by Gasteiger charge is -2.21. The number of alkyl halides is 3. The topological polar surface area (TPSA) is 74.7 Å². The summed E-state index contributed by atoms with van der Waals surface area (Å²) in [5.41, 5.74) is -1.32. The van der Waals surface area contributed by atoms with Gasteiger partial charge in [0.25, 0.3) is 0 Å². The minimum Gasteiger partial charge on any atom is -0.480 e. The predicted molar refractivity (Wildman–Crippen MR) is 66.0 cm³/mol. The number of halogens is 4.